The number of likely N-dealkylation sites (N-methyl/N-ethyl adjacent to an activating group) is 1. The van der Waals surface area contributed by atoms with Crippen LogP contribution in [0.5, 0.6) is 0 Å². The third-order valence-electron chi connectivity index (χ3n) is 4.49. The van der Waals surface area contributed by atoms with E-state index in [0.29, 0.717) is 5.76 Å². The Morgan fingerprint density at radius 1 is 1.26 bits per heavy atom. The number of rotatable bonds is 4. The van der Waals surface area contributed by atoms with Crippen LogP contribution in [0, 0.1) is 0 Å². The lowest BCUT2D eigenvalue weighted by atomic mass is 9.95. The van der Waals surface area contributed by atoms with Crippen molar-refractivity contribution < 1.29 is 14.3 Å². The summed E-state index contributed by atoms with van der Waals surface area (Å²) < 4.78 is 5.74. The zero-order valence-corrected chi connectivity index (χ0v) is 13.7. The Morgan fingerprint density at radius 2 is 1.96 bits per heavy atom. The lowest BCUT2D eigenvalue weighted by Gasteiger charge is -2.29. The molecular formula is C19H23NO3. The van der Waals surface area contributed by atoms with Gasteiger partial charge in [0, 0.05) is 13.5 Å². The summed E-state index contributed by atoms with van der Waals surface area (Å²) >= 11 is 0. The molecule has 1 aromatic heterocycles. The molecule has 23 heavy (non-hydrogen) atoms. The molecule has 1 amide bonds. The summed E-state index contributed by atoms with van der Waals surface area (Å²) in [5.41, 5.74) is 0.846. The van der Waals surface area contributed by atoms with Gasteiger partial charge in [0.05, 0.1) is 6.54 Å². The third kappa shape index (κ3) is 3.32. The van der Waals surface area contributed by atoms with E-state index in [9.17, 15) is 9.90 Å². The van der Waals surface area contributed by atoms with Crippen molar-refractivity contribution in [3.05, 3.63) is 59.0 Å². The van der Waals surface area contributed by atoms with Crippen LogP contribution in [-0.2, 0) is 18.4 Å². The maximum absolute atomic E-state index is 12.6. The highest BCUT2D eigenvalue weighted by Crippen LogP contribution is 2.26. The Bertz CT molecular complexity index is 664. The quantitative estimate of drug-likeness (QED) is 0.943. The summed E-state index contributed by atoms with van der Waals surface area (Å²) in [5.74, 6) is 1.14. The minimum Gasteiger partial charge on any atom is -0.456 e. The molecular weight excluding hydrogens is 290 g/mol. The Balaban J connectivity index is 1.73. The highest BCUT2D eigenvalue weighted by atomic mass is 16.4. The number of furan rings is 1. The molecule has 122 valence electrons. The van der Waals surface area contributed by atoms with Gasteiger partial charge in [-0.2, -0.15) is 0 Å². The first-order chi connectivity index (χ1) is 11.0. The standard InChI is InChI=1S/C19H23NO3/c1-19(22,15-9-4-3-5-10-15)13-20(2)18(21)17-12-14-8-6-7-11-16(14)23-17/h3-5,9-10,12,22H,6-8,11,13H2,1-2H3/t19-/m0/s1. The van der Waals surface area contributed by atoms with Crippen LogP contribution < -0.4 is 0 Å². The van der Waals surface area contributed by atoms with E-state index >= 15 is 0 Å². The molecule has 1 aromatic carbocycles. The van der Waals surface area contributed by atoms with Crippen molar-refractivity contribution in [2.75, 3.05) is 13.6 Å². The van der Waals surface area contributed by atoms with Gasteiger partial charge in [0.2, 0.25) is 0 Å². The summed E-state index contributed by atoms with van der Waals surface area (Å²) in [6, 6.07) is 11.3. The monoisotopic (exact) mass is 313 g/mol. The van der Waals surface area contributed by atoms with E-state index in [2.05, 4.69) is 0 Å². The van der Waals surface area contributed by atoms with Crippen LogP contribution in [0.3, 0.4) is 0 Å². The number of aryl methyl sites for hydroxylation is 2. The first kappa shape index (κ1) is 15.8. The van der Waals surface area contributed by atoms with Crippen molar-refractivity contribution in [1.82, 2.24) is 4.90 Å². The maximum Gasteiger partial charge on any atom is 0.289 e. The summed E-state index contributed by atoms with van der Waals surface area (Å²) in [4.78, 5) is 14.1. The Labute approximate surface area is 136 Å². The normalized spacial score (nSPS) is 16.5. The number of nitrogens with zero attached hydrogens (tertiary/aromatic N) is 1. The smallest absolute Gasteiger partial charge is 0.289 e. The number of hydrogen-bond acceptors (Lipinski definition) is 3. The molecule has 1 aliphatic rings. The predicted molar refractivity (Wildman–Crippen MR) is 88.3 cm³/mol. The Kier molecular flexibility index (Phi) is 4.26. The molecule has 0 radical (unpaired) electrons. The van der Waals surface area contributed by atoms with E-state index < -0.39 is 5.60 Å². The van der Waals surface area contributed by atoms with Crippen molar-refractivity contribution in [3.63, 3.8) is 0 Å². The van der Waals surface area contributed by atoms with Crippen LogP contribution in [0.1, 0.15) is 47.2 Å². The van der Waals surface area contributed by atoms with Crippen molar-refractivity contribution in [2.45, 2.75) is 38.2 Å². The van der Waals surface area contributed by atoms with Gasteiger partial charge in [-0.25, -0.2) is 0 Å². The average Bonchev–Trinajstić information content (AvgIpc) is 2.98. The first-order valence-electron chi connectivity index (χ1n) is 8.12. The lowest BCUT2D eigenvalue weighted by Crippen LogP contribution is -2.39. The summed E-state index contributed by atoms with van der Waals surface area (Å²) in [5, 5.41) is 10.7. The van der Waals surface area contributed by atoms with E-state index in [0.717, 1.165) is 42.6 Å². The second kappa shape index (κ2) is 6.20. The number of fused-ring (bicyclic) bond motifs is 1. The van der Waals surface area contributed by atoms with Crippen LogP contribution in [0.4, 0.5) is 0 Å². The highest BCUT2D eigenvalue weighted by Gasteiger charge is 2.29. The van der Waals surface area contributed by atoms with Crippen molar-refractivity contribution >= 4 is 5.91 Å². The van der Waals surface area contributed by atoms with Gasteiger partial charge >= 0.3 is 0 Å². The second-order valence-corrected chi connectivity index (χ2v) is 6.57. The van der Waals surface area contributed by atoms with Crippen LogP contribution >= 0.6 is 0 Å². The van der Waals surface area contributed by atoms with Crippen molar-refractivity contribution in [3.8, 4) is 0 Å². The van der Waals surface area contributed by atoms with Gasteiger partial charge in [0.25, 0.3) is 5.91 Å². The van der Waals surface area contributed by atoms with Gasteiger partial charge in [-0.1, -0.05) is 30.3 Å². The molecule has 3 rings (SSSR count). The number of benzene rings is 1. The van der Waals surface area contributed by atoms with Crippen LogP contribution in [0.25, 0.3) is 0 Å². The summed E-state index contributed by atoms with van der Waals surface area (Å²) in [6.07, 6.45) is 4.16. The van der Waals surface area contributed by atoms with Gasteiger partial charge in [-0.3, -0.25) is 4.79 Å². The number of carbonyl (C=O) groups excluding carboxylic acids is 1. The van der Waals surface area contributed by atoms with Gasteiger partial charge < -0.3 is 14.4 Å². The minimum atomic E-state index is -1.10. The Hall–Kier alpha value is -2.07. The van der Waals surface area contributed by atoms with Crippen LogP contribution in [0.15, 0.2) is 40.8 Å². The zero-order valence-electron chi connectivity index (χ0n) is 13.7. The van der Waals surface area contributed by atoms with E-state index in [-0.39, 0.29) is 12.5 Å². The minimum absolute atomic E-state index is 0.185. The summed E-state index contributed by atoms with van der Waals surface area (Å²) in [7, 11) is 1.70. The largest absolute Gasteiger partial charge is 0.456 e. The average molecular weight is 313 g/mol. The Morgan fingerprint density at radius 3 is 2.65 bits per heavy atom. The molecule has 0 fully saturated rings. The summed E-state index contributed by atoms with van der Waals surface area (Å²) in [6.45, 7) is 1.93. The number of aliphatic hydroxyl groups is 1. The molecule has 0 spiro atoms. The molecule has 0 unspecified atom stereocenters. The lowest BCUT2D eigenvalue weighted by molar-refractivity contribution is 0.0201. The molecule has 0 saturated carbocycles. The van der Waals surface area contributed by atoms with Gasteiger partial charge in [-0.05, 0) is 43.4 Å². The fourth-order valence-electron chi connectivity index (χ4n) is 3.21. The topological polar surface area (TPSA) is 53.7 Å². The molecule has 4 nitrogen and oxygen atoms in total. The SMILES string of the molecule is CN(C[C@](C)(O)c1ccccc1)C(=O)c1cc2c(o1)CCCC2. The van der Waals surface area contributed by atoms with Gasteiger partial charge in [0.15, 0.2) is 5.76 Å². The van der Waals surface area contributed by atoms with E-state index in [1.807, 2.05) is 36.4 Å². The van der Waals surface area contributed by atoms with Crippen LogP contribution in [0.2, 0.25) is 0 Å². The molecule has 0 bridgehead atoms. The molecule has 1 atom stereocenters. The van der Waals surface area contributed by atoms with Crippen molar-refractivity contribution in [1.29, 1.82) is 0 Å². The van der Waals surface area contributed by atoms with E-state index in [1.54, 1.807) is 14.0 Å². The van der Waals surface area contributed by atoms with Gasteiger partial charge in [-0.15, -0.1) is 0 Å². The van der Waals surface area contributed by atoms with Crippen LogP contribution in [-0.4, -0.2) is 29.5 Å². The molecule has 1 aliphatic carbocycles. The third-order valence-corrected chi connectivity index (χ3v) is 4.49. The molecule has 4 heteroatoms. The molecule has 0 aliphatic heterocycles. The fourth-order valence-corrected chi connectivity index (χ4v) is 3.21. The molecule has 2 aromatic rings. The molecule has 1 heterocycles. The number of hydrogen-bond donors (Lipinski definition) is 1. The zero-order chi connectivity index (χ0) is 16.4. The van der Waals surface area contributed by atoms with E-state index in [1.165, 1.54) is 4.90 Å². The fraction of sp³-hybridized carbons (Fsp3) is 0.421. The van der Waals surface area contributed by atoms with Gasteiger partial charge in [0.1, 0.15) is 11.4 Å². The highest BCUT2D eigenvalue weighted by molar-refractivity contribution is 5.91. The number of carbonyl (C=O) groups is 1. The molecule has 0 saturated heterocycles. The maximum atomic E-state index is 12.6. The van der Waals surface area contributed by atoms with E-state index in [4.69, 9.17) is 4.42 Å². The number of amides is 1. The second-order valence-electron chi connectivity index (χ2n) is 6.57. The van der Waals surface area contributed by atoms with Crippen molar-refractivity contribution in [2.24, 2.45) is 0 Å². The molecule has 1 N–H and O–H groups in total. The predicted octanol–water partition coefficient (Wildman–Crippen LogP) is 3.14. The first-order valence-corrected chi connectivity index (χ1v) is 8.12.